The van der Waals surface area contributed by atoms with Crippen LogP contribution in [-0.4, -0.2) is 138 Å². The number of nitrogens with zero attached hydrogens (tertiary/aromatic N) is 1. The largest absolute Gasteiger partial charge is 0.460 e. The summed E-state index contributed by atoms with van der Waals surface area (Å²) >= 11 is 0. The Balaban J connectivity index is 7.01. The van der Waals surface area contributed by atoms with Crippen molar-refractivity contribution in [2.75, 3.05) is 39.4 Å². The molecule has 0 aliphatic heterocycles. The van der Waals surface area contributed by atoms with Crippen molar-refractivity contribution in [1.82, 2.24) is 10.2 Å². The van der Waals surface area contributed by atoms with Crippen LogP contribution in [0, 0.1) is 0 Å². The lowest BCUT2D eigenvalue weighted by molar-refractivity contribution is -0.484. The summed E-state index contributed by atoms with van der Waals surface area (Å²) in [6, 6.07) is 0. The molecule has 3 N–H and O–H groups in total. The minimum Gasteiger partial charge on any atom is -0.395 e. The molecule has 0 aliphatic rings. The van der Waals surface area contributed by atoms with Crippen molar-refractivity contribution in [3.8, 4) is 0 Å². The Labute approximate surface area is 274 Å². The molecule has 0 rings (SSSR count). The van der Waals surface area contributed by atoms with E-state index in [4.69, 9.17) is 10.2 Å². The van der Waals surface area contributed by atoms with Crippen LogP contribution in [0.15, 0.2) is 0 Å². The van der Waals surface area contributed by atoms with Gasteiger partial charge in [-0.2, -0.15) is 119 Å². The van der Waals surface area contributed by atoms with Crippen molar-refractivity contribution in [2.24, 2.45) is 0 Å². The molecule has 53 heavy (non-hydrogen) atoms. The van der Waals surface area contributed by atoms with Crippen LogP contribution in [0.5, 0.6) is 0 Å². The van der Waals surface area contributed by atoms with E-state index in [0.29, 0.717) is 5.32 Å². The molecule has 0 unspecified atom stereocenters. The van der Waals surface area contributed by atoms with E-state index in [0.717, 1.165) is 4.90 Å². The standard InChI is InChI=1S/C21H17F27N2O3/c22-9(23,8(53)49-2-1-3-50(4-6-51)5-7-52)10(24,25)11(26,27)12(28,29)13(30,31)14(32,33)15(34,35)16(36,37)17(38,39)18(40,41)19(42,43)20(44,45)21(46,47)48/h51-52H,1-7H2,(H,49,53). The first-order chi connectivity index (χ1) is 22.9. The average Bonchev–Trinajstić information content (AvgIpc) is 2.97. The van der Waals surface area contributed by atoms with Crippen molar-refractivity contribution in [3.63, 3.8) is 0 Å². The molecule has 0 radical (unpaired) electrons. The molecule has 0 aromatic rings. The summed E-state index contributed by atoms with van der Waals surface area (Å²) in [7, 11) is 0. The van der Waals surface area contributed by atoms with E-state index in [-0.39, 0.29) is 13.1 Å². The zero-order chi connectivity index (χ0) is 43.3. The number of hydrogen-bond acceptors (Lipinski definition) is 4. The van der Waals surface area contributed by atoms with E-state index in [1.54, 1.807) is 0 Å². The summed E-state index contributed by atoms with van der Waals surface area (Å²) in [6.07, 6.45) is -9.05. The molecule has 0 aliphatic carbocycles. The summed E-state index contributed by atoms with van der Waals surface area (Å²) in [4.78, 5) is 12.4. The second-order valence-corrected chi connectivity index (χ2v) is 10.3. The van der Waals surface area contributed by atoms with Gasteiger partial charge >= 0.3 is 77.2 Å². The van der Waals surface area contributed by atoms with Crippen LogP contribution < -0.4 is 5.32 Å². The molecule has 0 saturated heterocycles. The molecule has 5 nitrogen and oxygen atoms in total. The van der Waals surface area contributed by atoms with Crippen LogP contribution in [-0.2, 0) is 4.79 Å². The Morgan fingerprint density at radius 2 is 0.642 bits per heavy atom. The summed E-state index contributed by atoms with van der Waals surface area (Å²) in [5.74, 6) is -115. The van der Waals surface area contributed by atoms with Crippen molar-refractivity contribution in [1.29, 1.82) is 0 Å². The zero-order valence-electron chi connectivity index (χ0n) is 24.4. The van der Waals surface area contributed by atoms with Crippen LogP contribution in [0.25, 0.3) is 0 Å². The van der Waals surface area contributed by atoms with Gasteiger partial charge in [-0.15, -0.1) is 0 Å². The third kappa shape index (κ3) is 7.19. The third-order valence-electron chi connectivity index (χ3n) is 6.75. The monoisotopic (exact) mass is 858 g/mol. The number of carbonyl (C=O) groups excluding carboxylic acids is 1. The van der Waals surface area contributed by atoms with Gasteiger partial charge in [-0.1, -0.05) is 0 Å². The molecule has 32 heteroatoms. The quantitative estimate of drug-likeness (QED) is 0.0916. The smallest absolute Gasteiger partial charge is 0.395 e. The zero-order valence-corrected chi connectivity index (χ0v) is 24.4. The molecule has 0 atom stereocenters. The maximum Gasteiger partial charge on any atom is 0.460 e. The normalized spacial score (nSPS) is 16.0. The number of nitrogens with one attached hydrogen (secondary N) is 1. The highest BCUT2D eigenvalue weighted by molar-refractivity contribution is 5.84. The Kier molecular flexibility index (Phi) is 13.8. The molecule has 0 bridgehead atoms. The lowest BCUT2D eigenvalue weighted by atomic mass is 9.84. The second-order valence-electron chi connectivity index (χ2n) is 10.3. The molecule has 0 aromatic heterocycles. The fourth-order valence-corrected chi connectivity index (χ4v) is 3.53. The van der Waals surface area contributed by atoms with E-state index in [1.807, 2.05) is 0 Å². The molecular formula is C21H17F27N2O3. The number of hydrogen-bond donors (Lipinski definition) is 3. The molecule has 0 spiro atoms. The molecule has 318 valence electrons. The minimum atomic E-state index is -9.87. The Morgan fingerprint density at radius 3 is 0.887 bits per heavy atom. The average molecular weight is 858 g/mol. The maximum atomic E-state index is 14.0. The summed E-state index contributed by atoms with van der Waals surface area (Å²) in [5.41, 5.74) is 0. The topological polar surface area (TPSA) is 72.8 Å². The first-order valence-electron chi connectivity index (χ1n) is 12.7. The third-order valence-corrected chi connectivity index (χ3v) is 6.75. The highest BCUT2D eigenvalue weighted by Gasteiger charge is 3.00. The van der Waals surface area contributed by atoms with Gasteiger partial charge in [-0.05, 0) is 13.0 Å². The van der Waals surface area contributed by atoms with Crippen LogP contribution in [0.4, 0.5) is 119 Å². The number of halogens is 27. The summed E-state index contributed by atoms with van der Waals surface area (Å²) in [5, 5.41) is 18.1. The van der Waals surface area contributed by atoms with E-state index < -0.39 is 116 Å². The summed E-state index contributed by atoms with van der Waals surface area (Å²) < 4.78 is 366. The molecule has 1 amide bonds. The van der Waals surface area contributed by atoms with Crippen molar-refractivity contribution in [2.45, 2.75) is 83.7 Å². The first-order valence-corrected chi connectivity index (χ1v) is 12.7. The van der Waals surface area contributed by atoms with Gasteiger partial charge in [0.05, 0.1) is 13.2 Å². The predicted octanol–water partition coefficient (Wildman–Crippen LogP) is 6.97. The SMILES string of the molecule is O=C(NCCCN(CCO)CCO)C(F)(F)C(F)(F)C(F)(F)C(F)(F)C(F)(F)C(F)(F)C(F)(F)C(F)(F)C(F)(F)C(F)(F)C(F)(F)C(F)(F)C(F)(F)F. The minimum absolute atomic E-state index is 0.339. The van der Waals surface area contributed by atoms with Gasteiger partial charge in [-0.25, -0.2) is 0 Å². The van der Waals surface area contributed by atoms with Crippen molar-refractivity contribution in [3.05, 3.63) is 0 Å². The Bertz CT molecular complexity index is 1260. The molecule has 0 heterocycles. The van der Waals surface area contributed by atoms with E-state index in [1.165, 1.54) is 0 Å². The highest BCUT2D eigenvalue weighted by Crippen LogP contribution is 2.68. The van der Waals surface area contributed by atoms with Gasteiger partial charge in [0.1, 0.15) is 0 Å². The Hall–Kier alpha value is -2.54. The van der Waals surface area contributed by atoms with Gasteiger partial charge in [0.2, 0.25) is 0 Å². The van der Waals surface area contributed by atoms with E-state index in [2.05, 4.69) is 0 Å². The first kappa shape index (κ1) is 50.5. The predicted molar refractivity (Wildman–Crippen MR) is 114 cm³/mol. The number of carbonyl (C=O) groups is 1. The van der Waals surface area contributed by atoms with Gasteiger partial charge in [0.15, 0.2) is 0 Å². The fraction of sp³-hybridized carbons (Fsp3) is 0.952. The number of aliphatic hydroxyl groups is 2. The maximum absolute atomic E-state index is 14.0. The van der Waals surface area contributed by atoms with E-state index in [9.17, 15) is 123 Å². The Morgan fingerprint density at radius 1 is 0.396 bits per heavy atom. The molecule has 0 fully saturated rings. The highest BCUT2D eigenvalue weighted by atomic mass is 19.4. The number of amides is 1. The number of alkyl halides is 27. The number of rotatable bonds is 20. The fourth-order valence-electron chi connectivity index (χ4n) is 3.53. The second kappa shape index (κ2) is 14.5. The van der Waals surface area contributed by atoms with Gasteiger partial charge in [0.25, 0.3) is 5.91 Å². The summed E-state index contributed by atoms with van der Waals surface area (Å²) in [6.45, 7) is -3.99. The lowest BCUT2D eigenvalue weighted by Crippen LogP contribution is -2.79. The molecule has 0 aromatic carbocycles. The molecular weight excluding hydrogens is 841 g/mol. The van der Waals surface area contributed by atoms with Crippen LogP contribution in [0.2, 0.25) is 0 Å². The van der Waals surface area contributed by atoms with Gasteiger partial charge in [0, 0.05) is 19.6 Å². The van der Waals surface area contributed by atoms with Gasteiger partial charge in [-0.3, -0.25) is 9.69 Å². The van der Waals surface area contributed by atoms with Crippen LogP contribution in [0.1, 0.15) is 6.42 Å². The van der Waals surface area contributed by atoms with Gasteiger partial charge < -0.3 is 15.5 Å². The molecule has 0 saturated carbocycles. The van der Waals surface area contributed by atoms with Crippen molar-refractivity contribution >= 4 is 5.91 Å². The lowest BCUT2D eigenvalue weighted by Gasteiger charge is -2.46. The number of aliphatic hydroxyl groups excluding tert-OH is 2. The van der Waals surface area contributed by atoms with Crippen LogP contribution >= 0.6 is 0 Å². The van der Waals surface area contributed by atoms with Crippen LogP contribution in [0.3, 0.4) is 0 Å². The van der Waals surface area contributed by atoms with Crippen molar-refractivity contribution < 1.29 is 134 Å². The van der Waals surface area contributed by atoms with E-state index >= 15 is 0 Å².